The van der Waals surface area contributed by atoms with E-state index in [-0.39, 0.29) is 12.5 Å². The zero-order valence-corrected chi connectivity index (χ0v) is 9.89. The molecule has 0 spiro atoms. The third-order valence-electron chi connectivity index (χ3n) is 3.67. The number of hydrogen-bond donors (Lipinski definition) is 1. The number of methoxy groups -OCH3 is 1. The number of carbonyl (C=O) groups excluding carboxylic acids is 1. The molecule has 2 aliphatic heterocycles. The molecule has 2 saturated heterocycles. The third kappa shape index (κ3) is 2.21. The SMILES string of the molecule is COC(CN)C(=O)N1CCN2CCCC2C1. The van der Waals surface area contributed by atoms with E-state index < -0.39 is 6.10 Å². The summed E-state index contributed by atoms with van der Waals surface area (Å²) in [6, 6.07) is 0.563. The number of carbonyl (C=O) groups is 1. The van der Waals surface area contributed by atoms with Crippen LogP contribution in [0.15, 0.2) is 0 Å². The van der Waals surface area contributed by atoms with Gasteiger partial charge in [-0.25, -0.2) is 0 Å². The summed E-state index contributed by atoms with van der Waals surface area (Å²) in [4.78, 5) is 16.4. The van der Waals surface area contributed by atoms with Gasteiger partial charge in [-0.3, -0.25) is 9.69 Å². The molecule has 2 rings (SSSR count). The first-order valence-corrected chi connectivity index (χ1v) is 6.02. The number of rotatable bonds is 3. The molecule has 2 N–H and O–H groups in total. The maximum Gasteiger partial charge on any atom is 0.253 e. The number of ether oxygens (including phenoxy) is 1. The van der Waals surface area contributed by atoms with Crippen molar-refractivity contribution in [2.75, 3.05) is 39.8 Å². The molecule has 0 saturated carbocycles. The minimum absolute atomic E-state index is 0.0524. The molecule has 0 aliphatic carbocycles. The lowest BCUT2D eigenvalue weighted by molar-refractivity contribution is -0.144. The highest BCUT2D eigenvalue weighted by molar-refractivity contribution is 5.81. The predicted molar refractivity (Wildman–Crippen MR) is 61.0 cm³/mol. The van der Waals surface area contributed by atoms with Crippen LogP contribution in [0, 0.1) is 0 Å². The maximum absolute atomic E-state index is 12.1. The molecule has 2 heterocycles. The summed E-state index contributed by atoms with van der Waals surface area (Å²) in [5, 5.41) is 0. The molecule has 2 aliphatic rings. The Hall–Kier alpha value is -0.650. The smallest absolute Gasteiger partial charge is 0.253 e. The highest BCUT2D eigenvalue weighted by Gasteiger charge is 2.34. The van der Waals surface area contributed by atoms with Crippen LogP contribution in [0.3, 0.4) is 0 Å². The average molecular weight is 227 g/mol. The molecular formula is C11H21N3O2. The lowest BCUT2D eigenvalue weighted by atomic mass is 10.1. The van der Waals surface area contributed by atoms with Gasteiger partial charge < -0.3 is 15.4 Å². The van der Waals surface area contributed by atoms with Crippen molar-refractivity contribution >= 4 is 5.91 Å². The molecule has 0 aromatic rings. The molecule has 2 fully saturated rings. The first-order chi connectivity index (χ1) is 7.76. The quantitative estimate of drug-likeness (QED) is 0.690. The first-order valence-electron chi connectivity index (χ1n) is 6.02. The number of nitrogens with zero attached hydrogens (tertiary/aromatic N) is 2. The van der Waals surface area contributed by atoms with Crippen molar-refractivity contribution in [3.05, 3.63) is 0 Å². The summed E-state index contributed by atoms with van der Waals surface area (Å²) in [7, 11) is 1.54. The van der Waals surface area contributed by atoms with E-state index in [1.807, 2.05) is 4.90 Å². The third-order valence-corrected chi connectivity index (χ3v) is 3.67. The lowest BCUT2D eigenvalue weighted by Gasteiger charge is -2.38. The summed E-state index contributed by atoms with van der Waals surface area (Å²) < 4.78 is 5.10. The Morgan fingerprint density at radius 3 is 3.00 bits per heavy atom. The Morgan fingerprint density at radius 2 is 2.31 bits per heavy atom. The predicted octanol–water partition coefficient (Wildman–Crippen LogP) is -0.733. The highest BCUT2D eigenvalue weighted by atomic mass is 16.5. The summed E-state index contributed by atoms with van der Waals surface area (Å²) in [6.45, 7) is 4.11. The molecule has 0 bridgehead atoms. The monoisotopic (exact) mass is 227 g/mol. The largest absolute Gasteiger partial charge is 0.370 e. The second-order valence-electron chi connectivity index (χ2n) is 4.58. The topological polar surface area (TPSA) is 58.8 Å². The van der Waals surface area contributed by atoms with E-state index in [2.05, 4.69) is 4.90 Å². The molecule has 0 aromatic carbocycles. The van der Waals surface area contributed by atoms with Gasteiger partial charge >= 0.3 is 0 Å². The van der Waals surface area contributed by atoms with Crippen LogP contribution in [-0.4, -0.2) is 67.7 Å². The van der Waals surface area contributed by atoms with Crippen LogP contribution in [0.2, 0.25) is 0 Å². The number of piperazine rings is 1. The van der Waals surface area contributed by atoms with Crippen LogP contribution in [0.4, 0.5) is 0 Å². The fourth-order valence-corrected chi connectivity index (χ4v) is 2.69. The maximum atomic E-state index is 12.1. The summed E-state index contributed by atoms with van der Waals surface area (Å²) in [6.07, 6.45) is 2.01. The van der Waals surface area contributed by atoms with Crippen molar-refractivity contribution in [3.63, 3.8) is 0 Å². The number of amides is 1. The minimum atomic E-state index is -0.465. The normalized spacial score (nSPS) is 27.9. The molecule has 0 aromatic heterocycles. The fourth-order valence-electron chi connectivity index (χ4n) is 2.69. The number of hydrogen-bond acceptors (Lipinski definition) is 4. The van der Waals surface area contributed by atoms with E-state index in [9.17, 15) is 4.79 Å². The minimum Gasteiger partial charge on any atom is -0.370 e. The Bertz CT molecular complexity index is 256. The van der Waals surface area contributed by atoms with Crippen LogP contribution in [0.1, 0.15) is 12.8 Å². The molecule has 16 heavy (non-hydrogen) atoms. The van der Waals surface area contributed by atoms with Crippen molar-refractivity contribution in [2.45, 2.75) is 25.0 Å². The van der Waals surface area contributed by atoms with Gasteiger partial charge in [0.25, 0.3) is 5.91 Å². The summed E-state index contributed by atoms with van der Waals surface area (Å²) in [5.41, 5.74) is 5.51. The van der Waals surface area contributed by atoms with Crippen LogP contribution in [0.5, 0.6) is 0 Å². The molecule has 0 radical (unpaired) electrons. The Morgan fingerprint density at radius 1 is 1.50 bits per heavy atom. The van der Waals surface area contributed by atoms with Crippen LogP contribution >= 0.6 is 0 Å². The second-order valence-corrected chi connectivity index (χ2v) is 4.58. The van der Waals surface area contributed by atoms with Crippen molar-refractivity contribution in [3.8, 4) is 0 Å². The second kappa shape index (κ2) is 5.12. The number of nitrogens with two attached hydrogens (primary N) is 1. The average Bonchev–Trinajstić information content (AvgIpc) is 2.77. The molecule has 2 atom stereocenters. The van der Waals surface area contributed by atoms with Crippen molar-refractivity contribution in [1.82, 2.24) is 9.80 Å². The van der Waals surface area contributed by atoms with Gasteiger partial charge in [0.1, 0.15) is 6.10 Å². The fraction of sp³-hybridized carbons (Fsp3) is 0.909. The molecule has 92 valence electrons. The van der Waals surface area contributed by atoms with Gasteiger partial charge in [-0.2, -0.15) is 0 Å². The summed E-state index contributed by atoms with van der Waals surface area (Å²) >= 11 is 0. The first kappa shape index (κ1) is 11.8. The van der Waals surface area contributed by atoms with Crippen molar-refractivity contribution in [1.29, 1.82) is 0 Å². The van der Waals surface area contributed by atoms with Gasteiger partial charge in [0.15, 0.2) is 0 Å². The lowest BCUT2D eigenvalue weighted by Crippen LogP contribution is -2.55. The van der Waals surface area contributed by atoms with Gasteiger partial charge in [-0.1, -0.05) is 0 Å². The standard InChI is InChI=1S/C11H21N3O2/c1-16-10(7-12)11(15)14-6-5-13-4-2-3-9(13)8-14/h9-10H,2-8,12H2,1H3. The molecule has 2 unspecified atom stereocenters. The van der Waals surface area contributed by atoms with Gasteiger partial charge in [0.05, 0.1) is 0 Å². The Balaban J connectivity index is 1.92. The van der Waals surface area contributed by atoms with Gasteiger partial charge in [0.2, 0.25) is 0 Å². The van der Waals surface area contributed by atoms with E-state index in [1.165, 1.54) is 19.4 Å². The van der Waals surface area contributed by atoms with Gasteiger partial charge in [0, 0.05) is 39.3 Å². The summed E-state index contributed by atoms with van der Waals surface area (Å²) in [5.74, 6) is 0.0524. The van der Waals surface area contributed by atoms with Crippen LogP contribution in [0.25, 0.3) is 0 Å². The van der Waals surface area contributed by atoms with E-state index in [4.69, 9.17) is 10.5 Å². The van der Waals surface area contributed by atoms with E-state index in [0.29, 0.717) is 6.04 Å². The Labute approximate surface area is 96.5 Å². The zero-order chi connectivity index (χ0) is 11.5. The number of fused-ring (bicyclic) bond motifs is 1. The molecular weight excluding hydrogens is 206 g/mol. The van der Waals surface area contributed by atoms with Gasteiger partial charge in [-0.05, 0) is 19.4 Å². The Kier molecular flexibility index (Phi) is 3.78. The highest BCUT2D eigenvalue weighted by Crippen LogP contribution is 2.21. The zero-order valence-electron chi connectivity index (χ0n) is 9.89. The van der Waals surface area contributed by atoms with E-state index in [1.54, 1.807) is 7.11 Å². The molecule has 5 heteroatoms. The van der Waals surface area contributed by atoms with E-state index >= 15 is 0 Å². The van der Waals surface area contributed by atoms with E-state index in [0.717, 1.165) is 19.6 Å². The van der Waals surface area contributed by atoms with Crippen molar-refractivity contribution < 1.29 is 9.53 Å². The molecule has 1 amide bonds. The molecule has 5 nitrogen and oxygen atoms in total. The van der Waals surface area contributed by atoms with Gasteiger partial charge in [-0.15, -0.1) is 0 Å². The van der Waals surface area contributed by atoms with Crippen molar-refractivity contribution in [2.24, 2.45) is 5.73 Å². The van der Waals surface area contributed by atoms with Crippen LogP contribution < -0.4 is 5.73 Å². The van der Waals surface area contributed by atoms with Crippen LogP contribution in [-0.2, 0) is 9.53 Å².